The number of nitrogens with zero attached hydrogens (tertiary/aromatic N) is 2. The second-order valence-electron chi connectivity index (χ2n) is 6.88. The van der Waals surface area contributed by atoms with Crippen molar-refractivity contribution in [1.29, 1.82) is 0 Å². The van der Waals surface area contributed by atoms with Gasteiger partial charge in [-0.25, -0.2) is 4.98 Å². The second kappa shape index (κ2) is 8.99. The number of likely N-dealkylation sites (tertiary alicyclic amines) is 1. The van der Waals surface area contributed by atoms with Crippen LogP contribution in [0.15, 0.2) is 47.4 Å². The maximum Gasteiger partial charge on any atom is 0.416 e. The number of pyridine rings is 1. The first kappa shape index (κ1) is 20.7. The minimum absolute atomic E-state index is 0.0579. The van der Waals surface area contributed by atoms with E-state index in [2.05, 4.69) is 11.9 Å². The lowest BCUT2D eigenvalue weighted by molar-refractivity contribution is -0.137. The molecule has 3 nitrogen and oxygen atoms in total. The Morgan fingerprint density at radius 1 is 1.21 bits per heavy atom. The molecule has 28 heavy (non-hydrogen) atoms. The number of alkyl halides is 3. The quantitative estimate of drug-likeness (QED) is 0.587. The minimum Gasteiger partial charge on any atom is -0.334 e. The highest BCUT2D eigenvalue weighted by atomic mass is 32.2. The zero-order valence-electron chi connectivity index (χ0n) is 15.7. The largest absolute Gasteiger partial charge is 0.416 e. The van der Waals surface area contributed by atoms with E-state index in [4.69, 9.17) is 0 Å². The van der Waals surface area contributed by atoms with Gasteiger partial charge in [0, 0.05) is 23.2 Å². The van der Waals surface area contributed by atoms with Crippen molar-refractivity contribution in [3.05, 3.63) is 59.4 Å². The number of rotatable bonds is 5. The number of amides is 1. The van der Waals surface area contributed by atoms with Gasteiger partial charge in [0.2, 0.25) is 0 Å². The topological polar surface area (TPSA) is 33.2 Å². The van der Waals surface area contributed by atoms with Crippen molar-refractivity contribution in [2.24, 2.45) is 0 Å². The van der Waals surface area contributed by atoms with Crippen molar-refractivity contribution in [3.8, 4) is 0 Å². The fourth-order valence-corrected chi connectivity index (χ4v) is 4.30. The van der Waals surface area contributed by atoms with Gasteiger partial charge in [-0.3, -0.25) is 4.79 Å². The summed E-state index contributed by atoms with van der Waals surface area (Å²) < 4.78 is 38.5. The molecule has 1 fully saturated rings. The number of halogens is 3. The van der Waals surface area contributed by atoms with Crippen LogP contribution in [0.1, 0.15) is 54.4 Å². The van der Waals surface area contributed by atoms with E-state index in [-0.39, 0.29) is 11.9 Å². The molecule has 7 heteroatoms. The van der Waals surface area contributed by atoms with Gasteiger partial charge in [0.1, 0.15) is 5.69 Å². The number of carbonyl (C=O) groups is 1. The van der Waals surface area contributed by atoms with Crippen molar-refractivity contribution in [2.45, 2.75) is 55.5 Å². The Bertz CT molecular complexity index is 825. The molecule has 0 spiro atoms. The lowest BCUT2D eigenvalue weighted by Gasteiger charge is -2.35. The van der Waals surface area contributed by atoms with Gasteiger partial charge in [-0.05, 0) is 56.0 Å². The first-order valence-electron chi connectivity index (χ1n) is 9.45. The van der Waals surface area contributed by atoms with Gasteiger partial charge in [0.15, 0.2) is 0 Å². The third-order valence-corrected chi connectivity index (χ3v) is 5.96. The van der Waals surface area contributed by atoms with Crippen LogP contribution in [0.25, 0.3) is 0 Å². The number of benzene rings is 1. The molecule has 150 valence electrons. The number of aromatic nitrogens is 1. The molecule has 0 aliphatic carbocycles. The van der Waals surface area contributed by atoms with Crippen LogP contribution in [-0.2, 0) is 11.9 Å². The summed E-state index contributed by atoms with van der Waals surface area (Å²) in [5.41, 5.74) is 0.422. The third kappa shape index (κ3) is 5.07. The van der Waals surface area contributed by atoms with Crippen LogP contribution in [-0.4, -0.2) is 28.4 Å². The molecule has 1 amide bonds. The van der Waals surface area contributed by atoms with Crippen LogP contribution >= 0.6 is 11.8 Å². The molecule has 1 aromatic carbocycles. The van der Waals surface area contributed by atoms with Crippen LogP contribution in [0.3, 0.4) is 0 Å². The molecule has 1 unspecified atom stereocenters. The standard InChI is InChI=1S/C21H23F3N2OS/c1-2-17-9-3-4-12-26(17)20(27)19-11-6-8-16(25-19)14-28-18-10-5-7-15(13-18)21(22,23)24/h5-8,10-11,13,17H,2-4,9,12,14H2,1H3. The summed E-state index contributed by atoms with van der Waals surface area (Å²) >= 11 is 1.28. The second-order valence-corrected chi connectivity index (χ2v) is 7.93. The maximum absolute atomic E-state index is 12.9. The zero-order valence-corrected chi connectivity index (χ0v) is 16.5. The van der Waals surface area contributed by atoms with Crippen molar-refractivity contribution in [3.63, 3.8) is 0 Å². The lowest BCUT2D eigenvalue weighted by Crippen LogP contribution is -2.43. The van der Waals surface area contributed by atoms with Crippen LogP contribution in [0.5, 0.6) is 0 Å². The Hall–Kier alpha value is -2.02. The molecule has 3 rings (SSSR count). The molecular weight excluding hydrogens is 385 g/mol. The number of carbonyl (C=O) groups excluding carboxylic acids is 1. The number of thioether (sulfide) groups is 1. The number of piperidine rings is 1. The van der Waals surface area contributed by atoms with Crippen LogP contribution in [0.4, 0.5) is 13.2 Å². The molecule has 0 radical (unpaired) electrons. The fourth-order valence-electron chi connectivity index (χ4n) is 3.44. The van der Waals surface area contributed by atoms with E-state index in [1.807, 2.05) is 4.90 Å². The smallest absolute Gasteiger partial charge is 0.334 e. The lowest BCUT2D eigenvalue weighted by atomic mass is 9.99. The molecule has 1 aliphatic heterocycles. The average molecular weight is 408 g/mol. The van der Waals surface area contributed by atoms with E-state index in [0.717, 1.165) is 44.4 Å². The molecule has 2 aromatic rings. The molecule has 1 aliphatic rings. The van der Waals surface area contributed by atoms with Crippen molar-refractivity contribution >= 4 is 17.7 Å². The minimum atomic E-state index is -4.36. The van der Waals surface area contributed by atoms with Crippen LogP contribution in [0.2, 0.25) is 0 Å². The Balaban J connectivity index is 1.69. The van der Waals surface area contributed by atoms with Gasteiger partial charge in [0.05, 0.1) is 11.3 Å². The summed E-state index contributed by atoms with van der Waals surface area (Å²) in [6, 6.07) is 10.8. The van der Waals surface area contributed by atoms with Crippen molar-refractivity contribution in [1.82, 2.24) is 9.88 Å². The highest BCUT2D eigenvalue weighted by Crippen LogP contribution is 2.32. The van der Waals surface area contributed by atoms with E-state index < -0.39 is 11.7 Å². The third-order valence-electron chi connectivity index (χ3n) is 4.93. The number of hydrogen-bond acceptors (Lipinski definition) is 3. The van der Waals surface area contributed by atoms with Gasteiger partial charge in [-0.1, -0.05) is 19.1 Å². The summed E-state index contributed by atoms with van der Waals surface area (Å²) in [5.74, 6) is 0.345. The van der Waals surface area contributed by atoms with Crippen LogP contribution < -0.4 is 0 Å². The number of hydrogen-bond donors (Lipinski definition) is 0. The van der Waals surface area contributed by atoms with Gasteiger partial charge in [-0.15, -0.1) is 11.8 Å². The van der Waals surface area contributed by atoms with Gasteiger partial charge >= 0.3 is 6.18 Å². The monoisotopic (exact) mass is 408 g/mol. The summed E-state index contributed by atoms with van der Waals surface area (Å²) in [6.07, 6.45) is -0.258. The molecule has 0 saturated carbocycles. The molecule has 0 bridgehead atoms. The van der Waals surface area contributed by atoms with Crippen LogP contribution in [0, 0.1) is 0 Å². The van der Waals surface area contributed by atoms with Crippen molar-refractivity contribution in [2.75, 3.05) is 6.54 Å². The first-order valence-corrected chi connectivity index (χ1v) is 10.4. The normalized spacial score (nSPS) is 17.6. The predicted octanol–water partition coefficient (Wildman–Crippen LogP) is 5.80. The highest BCUT2D eigenvalue weighted by molar-refractivity contribution is 7.98. The van der Waals surface area contributed by atoms with Gasteiger partial charge in [0.25, 0.3) is 5.91 Å². The van der Waals surface area contributed by atoms with Gasteiger partial charge < -0.3 is 4.90 Å². The average Bonchev–Trinajstić information content (AvgIpc) is 2.71. The Labute approximate surface area is 167 Å². The molecule has 0 N–H and O–H groups in total. The Morgan fingerprint density at radius 3 is 2.75 bits per heavy atom. The summed E-state index contributed by atoms with van der Waals surface area (Å²) in [6.45, 7) is 2.84. The summed E-state index contributed by atoms with van der Waals surface area (Å²) in [7, 11) is 0. The van der Waals surface area contributed by atoms with E-state index >= 15 is 0 Å². The highest BCUT2D eigenvalue weighted by Gasteiger charge is 2.30. The molecule has 1 saturated heterocycles. The summed E-state index contributed by atoms with van der Waals surface area (Å²) in [4.78, 5) is 19.8. The Kier molecular flexibility index (Phi) is 6.65. The van der Waals surface area contributed by atoms with Gasteiger partial charge in [-0.2, -0.15) is 13.2 Å². The van der Waals surface area contributed by atoms with Crippen molar-refractivity contribution < 1.29 is 18.0 Å². The van der Waals surface area contributed by atoms with E-state index in [1.54, 1.807) is 24.3 Å². The molecule has 2 heterocycles. The zero-order chi connectivity index (χ0) is 20.1. The fraction of sp³-hybridized carbons (Fsp3) is 0.429. The SMILES string of the molecule is CCC1CCCCN1C(=O)c1cccc(CSc2cccc(C(F)(F)F)c2)n1. The Morgan fingerprint density at radius 2 is 2.00 bits per heavy atom. The summed E-state index contributed by atoms with van der Waals surface area (Å²) in [5, 5.41) is 0. The maximum atomic E-state index is 12.9. The van der Waals surface area contributed by atoms with E-state index in [9.17, 15) is 18.0 Å². The molecule has 1 aromatic heterocycles. The van der Waals surface area contributed by atoms with E-state index in [1.165, 1.54) is 17.8 Å². The molecular formula is C21H23F3N2OS. The predicted molar refractivity (Wildman–Crippen MR) is 104 cm³/mol. The van der Waals surface area contributed by atoms with E-state index in [0.29, 0.717) is 22.0 Å². The first-order chi connectivity index (χ1) is 13.4. The molecule has 1 atom stereocenters.